The predicted molar refractivity (Wildman–Crippen MR) is 100 cm³/mol. The standard InChI is InChI=1S/C19H26N4O4/c1-3-26-18(24)6-7-20-19(25)23-10-8-22(9-11-23)13-17-21-15-12-14(2)4-5-16(15)27-17/h4-5,12H,3,6-11,13H2,1-2H3,(H,20,25). The molecule has 1 aliphatic heterocycles. The Morgan fingerprint density at radius 2 is 2.04 bits per heavy atom. The fourth-order valence-electron chi connectivity index (χ4n) is 3.07. The molecule has 0 atom stereocenters. The van der Waals surface area contributed by atoms with Gasteiger partial charge in [-0.3, -0.25) is 9.69 Å². The zero-order chi connectivity index (χ0) is 19.2. The molecule has 1 N–H and O–H groups in total. The van der Waals surface area contributed by atoms with Gasteiger partial charge in [-0.05, 0) is 31.5 Å². The number of nitrogens with zero attached hydrogens (tertiary/aromatic N) is 3. The average molecular weight is 374 g/mol. The van der Waals surface area contributed by atoms with Gasteiger partial charge in [-0.25, -0.2) is 9.78 Å². The van der Waals surface area contributed by atoms with Crippen molar-refractivity contribution in [1.82, 2.24) is 20.1 Å². The highest BCUT2D eigenvalue weighted by molar-refractivity contribution is 5.76. The van der Waals surface area contributed by atoms with E-state index in [-0.39, 0.29) is 18.4 Å². The number of hydrogen-bond acceptors (Lipinski definition) is 6. The number of benzene rings is 1. The molecule has 2 aromatic rings. The smallest absolute Gasteiger partial charge is 0.317 e. The van der Waals surface area contributed by atoms with Crippen molar-refractivity contribution < 1.29 is 18.7 Å². The molecular weight excluding hydrogens is 348 g/mol. The molecule has 0 unspecified atom stereocenters. The first-order valence-corrected chi connectivity index (χ1v) is 9.32. The van der Waals surface area contributed by atoms with Crippen LogP contribution in [0.5, 0.6) is 0 Å². The van der Waals surface area contributed by atoms with Gasteiger partial charge in [0.15, 0.2) is 5.58 Å². The Labute approximate surface area is 158 Å². The van der Waals surface area contributed by atoms with Gasteiger partial charge in [0, 0.05) is 32.7 Å². The number of aryl methyl sites for hydroxylation is 1. The lowest BCUT2D eigenvalue weighted by molar-refractivity contribution is -0.142. The summed E-state index contributed by atoms with van der Waals surface area (Å²) in [4.78, 5) is 32.0. The molecule has 0 saturated carbocycles. The minimum Gasteiger partial charge on any atom is -0.466 e. The Balaban J connectivity index is 1.42. The predicted octanol–water partition coefficient (Wildman–Crippen LogP) is 1.92. The summed E-state index contributed by atoms with van der Waals surface area (Å²) in [6.45, 7) is 7.84. The van der Waals surface area contributed by atoms with Crippen LogP contribution < -0.4 is 5.32 Å². The SMILES string of the molecule is CCOC(=O)CCNC(=O)N1CCN(Cc2nc3cc(C)ccc3o2)CC1. The molecule has 1 aromatic carbocycles. The number of hydrogen-bond donors (Lipinski definition) is 1. The summed E-state index contributed by atoms with van der Waals surface area (Å²) in [6, 6.07) is 5.83. The topological polar surface area (TPSA) is 87.9 Å². The molecule has 8 heteroatoms. The van der Waals surface area contributed by atoms with E-state index in [0.717, 1.165) is 29.8 Å². The van der Waals surface area contributed by atoms with Crippen molar-refractivity contribution in [2.45, 2.75) is 26.8 Å². The Morgan fingerprint density at radius 3 is 2.78 bits per heavy atom. The summed E-state index contributed by atoms with van der Waals surface area (Å²) in [5.74, 6) is 0.402. The number of oxazole rings is 1. The molecule has 2 amide bonds. The summed E-state index contributed by atoms with van der Waals surface area (Å²) >= 11 is 0. The van der Waals surface area contributed by atoms with Crippen LogP contribution >= 0.6 is 0 Å². The van der Waals surface area contributed by atoms with Gasteiger partial charge in [0.2, 0.25) is 5.89 Å². The van der Waals surface area contributed by atoms with E-state index >= 15 is 0 Å². The molecule has 1 aromatic heterocycles. The maximum Gasteiger partial charge on any atom is 0.317 e. The van der Waals surface area contributed by atoms with Gasteiger partial charge in [-0.1, -0.05) is 6.07 Å². The summed E-state index contributed by atoms with van der Waals surface area (Å²) in [7, 11) is 0. The number of amides is 2. The Hall–Kier alpha value is -2.61. The third-order valence-electron chi connectivity index (χ3n) is 4.52. The molecule has 0 bridgehead atoms. The van der Waals surface area contributed by atoms with Gasteiger partial charge in [0.1, 0.15) is 5.52 Å². The van der Waals surface area contributed by atoms with Crippen molar-refractivity contribution in [1.29, 1.82) is 0 Å². The average Bonchev–Trinajstić information content (AvgIpc) is 3.03. The van der Waals surface area contributed by atoms with Crippen LogP contribution in [0.25, 0.3) is 11.1 Å². The molecular formula is C19H26N4O4. The quantitative estimate of drug-likeness (QED) is 0.777. The fourth-order valence-corrected chi connectivity index (χ4v) is 3.07. The lowest BCUT2D eigenvalue weighted by Gasteiger charge is -2.33. The summed E-state index contributed by atoms with van der Waals surface area (Å²) in [6.07, 6.45) is 0.191. The van der Waals surface area contributed by atoms with E-state index in [4.69, 9.17) is 9.15 Å². The molecule has 1 saturated heterocycles. The number of carbonyl (C=O) groups excluding carboxylic acids is 2. The minimum absolute atomic E-state index is 0.142. The molecule has 3 rings (SSSR count). The first kappa shape index (κ1) is 19.2. The van der Waals surface area contributed by atoms with Crippen molar-refractivity contribution in [3.05, 3.63) is 29.7 Å². The molecule has 146 valence electrons. The second kappa shape index (κ2) is 8.85. The van der Waals surface area contributed by atoms with Gasteiger partial charge < -0.3 is 19.4 Å². The normalized spacial score (nSPS) is 15.1. The van der Waals surface area contributed by atoms with E-state index in [1.165, 1.54) is 0 Å². The van der Waals surface area contributed by atoms with E-state index in [1.54, 1.807) is 11.8 Å². The second-order valence-corrected chi connectivity index (χ2v) is 6.63. The van der Waals surface area contributed by atoms with Crippen LogP contribution in [0.4, 0.5) is 4.79 Å². The van der Waals surface area contributed by atoms with Gasteiger partial charge in [-0.2, -0.15) is 0 Å². The van der Waals surface area contributed by atoms with Crippen LogP contribution in [0, 0.1) is 6.92 Å². The molecule has 0 radical (unpaired) electrons. The first-order valence-electron chi connectivity index (χ1n) is 9.32. The number of aromatic nitrogens is 1. The van der Waals surface area contributed by atoms with Gasteiger partial charge in [-0.15, -0.1) is 0 Å². The van der Waals surface area contributed by atoms with Crippen molar-refractivity contribution in [2.24, 2.45) is 0 Å². The number of piperazine rings is 1. The molecule has 1 aliphatic rings. The molecule has 0 spiro atoms. The highest BCUT2D eigenvalue weighted by atomic mass is 16.5. The van der Waals surface area contributed by atoms with Gasteiger partial charge in [0.25, 0.3) is 0 Å². The zero-order valence-electron chi connectivity index (χ0n) is 15.9. The molecule has 8 nitrogen and oxygen atoms in total. The monoisotopic (exact) mass is 374 g/mol. The number of carbonyl (C=O) groups is 2. The second-order valence-electron chi connectivity index (χ2n) is 6.63. The Morgan fingerprint density at radius 1 is 1.26 bits per heavy atom. The minimum atomic E-state index is -0.295. The molecule has 0 aliphatic carbocycles. The van der Waals surface area contributed by atoms with Crippen molar-refractivity contribution in [3.8, 4) is 0 Å². The lowest BCUT2D eigenvalue weighted by Crippen LogP contribution is -2.51. The van der Waals surface area contributed by atoms with Crippen LogP contribution in [0.3, 0.4) is 0 Å². The Bertz CT molecular complexity index is 796. The van der Waals surface area contributed by atoms with E-state index in [2.05, 4.69) is 15.2 Å². The van der Waals surface area contributed by atoms with Crippen LogP contribution in [-0.2, 0) is 16.1 Å². The number of esters is 1. The fraction of sp³-hybridized carbons (Fsp3) is 0.526. The van der Waals surface area contributed by atoms with Gasteiger partial charge in [0.05, 0.1) is 19.6 Å². The highest BCUT2D eigenvalue weighted by Gasteiger charge is 2.22. The number of urea groups is 1. The summed E-state index contributed by atoms with van der Waals surface area (Å²) in [5.41, 5.74) is 2.84. The Kier molecular flexibility index (Phi) is 6.28. The number of ether oxygens (including phenoxy) is 1. The van der Waals surface area contributed by atoms with E-state index in [1.807, 2.05) is 25.1 Å². The number of nitrogens with one attached hydrogen (secondary N) is 1. The maximum absolute atomic E-state index is 12.2. The third kappa shape index (κ3) is 5.19. The molecule has 2 heterocycles. The van der Waals surface area contributed by atoms with Crippen LogP contribution in [-0.4, -0.2) is 66.1 Å². The highest BCUT2D eigenvalue weighted by Crippen LogP contribution is 2.18. The first-order chi connectivity index (χ1) is 13.0. The molecule has 27 heavy (non-hydrogen) atoms. The zero-order valence-corrected chi connectivity index (χ0v) is 15.9. The van der Waals surface area contributed by atoms with Crippen molar-refractivity contribution in [3.63, 3.8) is 0 Å². The lowest BCUT2D eigenvalue weighted by atomic mass is 10.2. The van der Waals surface area contributed by atoms with E-state index in [9.17, 15) is 9.59 Å². The van der Waals surface area contributed by atoms with E-state index in [0.29, 0.717) is 38.7 Å². The summed E-state index contributed by atoms with van der Waals surface area (Å²) < 4.78 is 10.6. The number of fused-ring (bicyclic) bond motifs is 1. The summed E-state index contributed by atoms with van der Waals surface area (Å²) in [5, 5.41) is 2.77. The third-order valence-corrected chi connectivity index (χ3v) is 4.52. The van der Waals surface area contributed by atoms with Crippen molar-refractivity contribution >= 4 is 23.1 Å². The van der Waals surface area contributed by atoms with Crippen molar-refractivity contribution in [2.75, 3.05) is 39.3 Å². The largest absolute Gasteiger partial charge is 0.466 e. The van der Waals surface area contributed by atoms with Crippen LogP contribution in [0.1, 0.15) is 24.8 Å². The number of rotatable bonds is 6. The van der Waals surface area contributed by atoms with Gasteiger partial charge >= 0.3 is 12.0 Å². The molecule has 1 fully saturated rings. The van der Waals surface area contributed by atoms with Crippen LogP contribution in [0.15, 0.2) is 22.6 Å². The van der Waals surface area contributed by atoms with E-state index < -0.39 is 0 Å². The maximum atomic E-state index is 12.2. The van der Waals surface area contributed by atoms with Crippen LogP contribution in [0.2, 0.25) is 0 Å².